The Kier molecular flexibility index (Phi) is 3.95. The van der Waals surface area contributed by atoms with Crippen LogP contribution < -0.4 is 5.32 Å². The minimum atomic E-state index is -2.77. The van der Waals surface area contributed by atoms with E-state index in [0.29, 0.717) is 11.3 Å². The molecule has 0 aromatic rings. The van der Waals surface area contributed by atoms with E-state index in [4.69, 9.17) is 0 Å². The molecule has 84 valence electrons. The molecular formula is C10H21NO2S. The summed E-state index contributed by atoms with van der Waals surface area (Å²) in [6.45, 7) is 4.75. The van der Waals surface area contributed by atoms with E-state index in [1.807, 2.05) is 0 Å². The van der Waals surface area contributed by atoms with Crippen LogP contribution >= 0.6 is 0 Å². The average molecular weight is 219 g/mol. The van der Waals surface area contributed by atoms with Gasteiger partial charge in [0.1, 0.15) is 9.84 Å². The Morgan fingerprint density at radius 3 is 2.43 bits per heavy atom. The standard InChI is InChI=1S/C10H21NO2S/c1-3-14(12,13)9-5-8-11-10(2)6-4-7-10/h11H,3-9H2,1-2H3. The van der Waals surface area contributed by atoms with Gasteiger partial charge < -0.3 is 5.32 Å². The molecule has 0 amide bonds. The molecule has 3 nitrogen and oxygen atoms in total. The third-order valence-corrected chi connectivity index (χ3v) is 4.87. The van der Waals surface area contributed by atoms with Gasteiger partial charge in [0.05, 0.1) is 5.75 Å². The molecule has 1 saturated carbocycles. The van der Waals surface area contributed by atoms with Crippen molar-refractivity contribution in [1.82, 2.24) is 5.32 Å². The van der Waals surface area contributed by atoms with Crippen molar-refractivity contribution in [2.75, 3.05) is 18.1 Å². The molecule has 0 atom stereocenters. The summed E-state index contributed by atoms with van der Waals surface area (Å²) < 4.78 is 22.4. The summed E-state index contributed by atoms with van der Waals surface area (Å²) in [6, 6.07) is 0. The van der Waals surface area contributed by atoms with Crippen molar-refractivity contribution in [3.05, 3.63) is 0 Å². The lowest BCUT2D eigenvalue weighted by molar-refractivity contribution is 0.210. The molecule has 4 heteroatoms. The highest BCUT2D eigenvalue weighted by Crippen LogP contribution is 2.30. The van der Waals surface area contributed by atoms with Gasteiger partial charge in [0.15, 0.2) is 0 Å². The lowest BCUT2D eigenvalue weighted by Crippen LogP contribution is -2.48. The molecule has 0 heterocycles. The van der Waals surface area contributed by atoms with Gasteiger partial charge in [0, 0.05) is 11.3 Å². The van der Waals surface area contributed by atoms with E-state index in [1.54, 1.807) is 6.92 Å². The Hall–Kier alpha value is -0.0900. The molecule has 0 aromatic heterocycles. The number of rotatable bonds is 6. The third kappa shape index (κ3) is 3.58. The molecule has 0 spiro atoms. The highest BCUT2D eigenvalue weighted by Gasteiger charge is 2.30. The molecule has 0 saturated heterocycles. The first-order valence-electron chi connectivity index (χ1n) is 5.43. The molecule has 1 fully saturated rings. The van der Waals surface area contributed by atoms with Gasteiger partial charge in [-0.3, -0.25) is 0 Å². The molecular weight excluding hydrogens is 198 g/mol. The third-order valence-electron chi connectivity index (χ3n) is 3.08. The number of hydrogen-bond donors (Lipinski definition) is 1. The molecule has 1 aliphatic carbocycles. The van der Waals surface area contributed by atoms with Crippen molar-refractivity contribution in [2.45, 2.75) is 45.1 Å². The van der Waals surface area contributed by atoms with E-state index in [9.17, 15) is 8.42 Å². The van der Waals surface area contributed by atoms with Gasteiger partial charge in [-0.2, -0.15) is 0 Å². The van der Waals surface area contributed by atoms with E-state index < -0.39 is 9.84 Å². The Morgan fingerprint density at radius 1 is 1.36 bits per heavy atom. The van der Waals surface area contributed by atoms with Crippen molar-refractivity contribution in [3.8, 4) is 0 Å². The summed E-state index contributed by atoms with van der Waals surface area (Å²) >= 11 is 0. The summed E-state index contributed by atoms with van der Waals surface area (Å²) in [5.41, 5.74) is 0.302. The van der Waals surface area contributed by atoms with Gasteiger partial charge in [-0.25, -0.2) is 8.42 Å². The largest absolute Gasteiger partial charge is 0.311 e. The lowest BCUT2D eigenvalue weighted by Gasteiger charge is -2.39. The summed E-state index contributed by atoms with van der Waals surface area (Å²) in [5.74, 6) is 0.594. The fourth-order valence-corrected chi connectivity index (χ4v) is 2.58. The van der Waals surface area contributed by atoms with Crippen LogP contribution in [0.25, 0.3) is 0 Å². The second kappa shape index (κ2) is 4.62. The second-order valence-electron chi connectivity index (χ2n) is 4.43. The molecule has 1 N–H and O–H groups in total. The molecule has 14 heavy (non-hydrogen) atoms. The SMILES string of the molecule is CCS(=O)(=O)CCCNC1(C)CCC1. The van der Waals surface area contributed by atoms with Gasteiger partial charge in [0.25, 0.3) is 0 Å². The van der Waals surface area contributed by atoms with E-state index in [-0.39, 0.29) is 5.75 Å². The molecule has 1 rings (SSSR count). The lowest BCUT2D eigenvalue weighted by atomic mass is 9.78. The van der Waals surface area contributed by atoms with Crippen molar-refractivity contribution in [1.29, 1.82) is 0 Å². The van der Waals surface area contributed by atoms with Gasteiger partial charge in [-0.15, -0.1) is 0 Å². The molecule has 0 unspecified atom stereocenters. The fourth-order valence-electron chi connectivity index (χ4n) is 1.71. The van der Waals surface area contributed by atoms with Crippen LogP contribution in [0.1, 0.15) is 39.5 Å². The van der Waals surface area contributed by atoms with Crippen LogP contribution in [-0.2, 0) is 9.84 Å². The van der Waals surface area contributed by atoms with Crippen LogP contribution in [0.4, 0.5) is 0 Å². The van der Waals surface area contributed by atoms with Crippen LogP contribution in [0.5, 0.6) is 0 Å². The van der Waals surface area contributed by atoms with Crippen molar-refractivity contribution >= 4 is 9.84 Å². The van der Waals surface area contributed by atoms with E-state index in [2.05, 4.69) is 12.2 Å². The molecule has 0 bridgehead atoms. The van der Waals surface area contributed by atoms with Crippen molar-refractivity contribution in [2.24, 2.45) is 0 Å². The first-order chi connectivity index (χ1) is 6.47. The fraction of sp³-hybridized carbons (Fsp3) is 1.00. The molecule has 1 aliphatic rings. The predicted octanol–water partition coefficient (Wildman–Crippen LogP) is 1.34. The van der Waals surface area contributed by atoms with Gasteiger partial charge in [0.2, 0.25) is 0 Å². The number of nitrogens with one attached hydrogen (secondary N) is 1. The van der Waals surface area contributed by atoms with E-state index in [1.165, 1.54) is 19.3 Å². The van der Waals surface area contributed by atoms with Gasteiger partial charge in [-0.1, -0.05) is 6.92 Å². The Bertz CT molecular complexity index is 268. The molecule has 0 radical (unpaired) electrons. The number of sulfone groups is 1. The predicted molar refractivity (Wildman–Crippen MR) is 59.2 cm³/mol. The highest BCUT2D eigenvalue weighted by molar-refractivity contribution is 7.91. The van der Waals surface area contributed by atoms with Crippen LogP contribution in [0.3, 0.4) is 0 Å². The van der Waals surface area contributed by atoms with Crippen LogP contribution in [0.15, 0.2) is 0 Å². The van der Waals surface area contributed by atoms with Crippen LogP contribution in [0.2, 0.25) is 0 Å². The zero-order chi connectivity index (χ0) is 10.7. The Morgan fingerprint density at radius 2 is 2.00 bits per heavy atom. The molecule has 0 aromatic carbocycles. The van der Waals surface area contributed by atoms with Gasteiger partial charge >= 0.3 is 0 Å². The second-order valence-corrected chi connectivity index (χ2v) is 6.90. The maximum Gasteiger partial charge on any atom is 0.150 e. The highest BCUT2D eigenvalue weighted by atomic mass is 32.2. The topological polar surface area (TPSA) is 46.2 Å². The van der Waals surface area contributed by atoms with E-state index >= 15 is 0 Å². The minimum Gasteiger partial charge on any atom is -0.311 e. The van der Waals surface area contributed by atoms with Crippen LogP contribution in [0, 0.1) is 0 Å². The Balaban J connectivity index is 2.10. The zero-order valence-electron chi connectivity index (χ0n) is 9.17. The summed E-state index contributed by atoms with van der Waals surface area (Å²) in [5, 5.41) is 3.43. The van der Waals surface area contributed by atoms with E-state index in [0.717, 1.165) is 13.0 Å². The quantitative estimate of drug-likeness (QED) is 0.686. The normalized spacial score (nSPS) is 20.4. The minimum absolute atomic E-state index is 0.268. The van der Waals surface area contributed by atoms with Crippen LogP contribution in [-0.4, -0.2) is 32.0 Å². The summed E-state index contributed by atoms with van der Waals surface area (Å²) in [6.07, 6.45) is 4.50. The average Bonchev–Trinajstić information content (AvgIpc) is 2.10. The maximum atomic E-state index is 11.2. The maximum absolute atomic E-state index is 11.2. The first-order valence-corrected chi connectivity index (χ1v) is 7.25. The number of hydrogen-bond acceptors (Lipinski definition) is 3. The monoisotopic (exact) mass is 219 g/mol. The van der Waals surface area contributed by atoms with Crippen molar-refractivity contribution < 1.29 is 8.42 Å². The Labute approximate surface area is 87.2 Å². The molecule has 0 aliphatic heterocycles. The smallest absolute Gasteiger partial charge is 0.150 e. The summed E-state index contributed by atoms with van der Waals surface area (Å²) in [4.78, 5) is 0. The zero-order valence-corrected chi connectivity index (χ0v) is 9.99. The first kappa shape index (κ1) is 12.0. The van der Waals surface area contributed by atoms with Crippen molar-refractivity contribution in [3.63, 3.8) is 0 Å². The van der Waals surface area contributed by atoms with Gasteiger partial charge in [-0.05, 0) is 39.2 Å². The summed E-state index contributed by atoms with van der Waals surface area (Å²) in [7, 11) is -2.77.